The molecule has 3 rings (SSSR count). The van der Waals surface area contributed by atoms with Crippen molar-refractivity contribution in [3.8, 4) is 0 Å². The molecule has 0 fully saturated rings. The lowest BCUT2D eigenvalue weighted by Gasteiger charge is -2.08. The number of rotatable bonds is 7. The number of hydrogen-bond acceptors (Lipinski definition) is 5. The van der Waals surface area contributed by atoms with Gasteiger partial charge >= 0.3 is 5.97 Å². The van der Waals surface area contributed by atoms with Crippen LogP contribution in [0.15, 0.2) is 61.2 Å². The fourth-order valence-corrected chi connectivity index (χ4v) is 2.57. The van der Waals surface area contributed by atoms with Gasteiger partial charge in [0.25, 0.3) is 5.91 Å². The third-order valence-electron chi connectivity index (χ3n) is 3.71. The summed E-state index contributed by atoms with van der Waals surface area (Å²) in [5, 5.41) is 7.30. The summed E-state index contributed by atoms with van der Waals surface area (Å²) >= 11 is 5.89. The van der Waals surface area contributed by atoms with Crippen LogP contribution in [0.5, 0.6) is 0 Å². The van der Waals surface area contributed by atoms with Crippen molar-refractivity contribution in [2.45, 2.75) is 13.1 Å². The van der Waals surface area contributed by atoms with Crippen LogP contribution in [0, 0.1) is 0 Å². The van der Waals surface area contributed by atoms with Crippen LogP contribution in [0.2, 0.25) is 5.02 Å². The van der Waals surface area contributed by atoms with Crippen LogP contribution >= 0.6 is 11.6 Å². The van der Waals surface area contributed by atoms with Crippen LogP contribution in [-0.2, 0) is 22.6 Å². The molecule has 0 aliphatic carbocycles. The van der Waals surface area contributed by atoms with E-state index < -0.39 is 5.97 Å². The maximum absolute atomic E-state index is 12.0. The number of carbonyl (C=O) groups excluding carboxylic acids is 2. The zero-order valence-corrected chi connectivity index (χ0v) is 15.1. The van der Waals surface area contributed by atoms with Gasteiger partial charge in [0.05, 0.1) is 12.1 Å². The number of benzene rings is 2. The van der Waals surface area contributed by atoms with Crippen molar-refractivity contribution in [3.05, 3.63) is 82.9 Å². The molecule has 0 spiro atoms. The molecule has 0 aliphatic rings. The molecule has 0 unspecified atom stereocenters. The van der Waals surface area contributed by atoms with Gasteiger partial charge in [-0.25, -0.2) is 14.5 Å². The summed E-state index contributed by atoms with van der Waals surface area (Å²) in [6.07, 6.45) is 3.08. The molecule has 1 amide bonds. The zero-order chi connectivity index (χ0) is 19.1. The van der Waals surface area contributed by atoms with Crippen molar-refractivity contribution < 1.29 is 14.3 Å². The quantitative estimate of drug-likeness (QED) is 0.632. The SMILES string of the molecule is O=C(COC(=O)c1ccc(Cn2cncn2)cc1)NCc1cccc(Cl)c1. The van der Waals surface area contributed by atoms with Crippen molar-refractivity contribution in [2.24, 2.45) is 0 Å². The first kappa shape index (κ1) is 18.6. The number of nitrogens with zero attached hydrogens (tertiary/aromatic N) is 3. The van der Waals surface area contributed by atoms with E-state index in [-0.39, 0.29) is 12.5 Å². The van der Waals surface area contributed by atoms with Crippen LogP contribution in [0.3, 0.4) is 0 Å². The van der Waals surface area contributed by atoms with E-state index in [4.69, 9.17) is 16.3 Å². The molecule has 1 heterocycles. The lowest BCUT2D eigenvalue weighted by atomic mass is 10.1. The molecular weight excluding hydrogens is 368 g/mol. The molecule has 27 heavy (non-hydrogen) atoms. The van der Waals surface area contributed by atoms with Crippen LogP contribution in [0.1, 0.15) is 21.5 Å². The molecule has 0 radical (unpaired) electrons. The predicted octanol–water partition coefficient (Wildman–Crippen LogP) is 2.45. The molecule has 138 valence electrons. The van der Waals surface area contributed by atoms with Crippen molar-refractivity contribution in [3.63, 3.8) is 0 Å². The maximum atomic E-state index is 12.0. The van der Waals surface area contributed by atoms with E-state index >= 15 is 0 Å². The van der Waals surface area contributed by atoms with Crippen molar-refractivity contribution >= 4 is 23.5 Å². The summed E-state index contributed by atoms with van der Waals surface area (Å²) in [6, 6.07) is 14.1. The van der Waals surface area contributed by atoms with Crippen LogP contribution in [-0.4, -0.2) is 33.2 Å². The third-order valence-corrected chi connectivity index (χ3v) is 3.95. The number of esters is 1. The average molecular weight is 385 g/mol. The Kier molecular flexibility index (Phi) is 6.17. The highest BCUT2D eigenvalue weighted by Gasteiger charge is 2.10. The van der Waals surface area contributed by atoms with E-state index in [1.807, 2.05) is 6.07 Å². The first-order valence-corrected chi connectivity index (χ1v) is 8.57. The number of carbonyl (C=O) groups is 2. The smallest absolute Gasteiger partial charge is 0.338 e. The lowest BCUT2D eigenvalue weighted by molar-refractivity contribution is -0.124. The Bertz CT molecular complexity index is 911. The van der Waals surface area contributed by atoms with Crippen LogP contribution in [0.25, 0.3) is 0 Å². The predicted molar refractivity (Wildman–Crippen MR) is 99.1 cm³/mol. The van der Waals surface area contributed by atoms with Crippen molar-refractivity contribution in [1.29, 1.82) is 0 Å². The molecular formula is C19H17ClN4O3. The first-order chi connectivity index (χ1) is 13.1. The second kappa shape index (κ2) is 8.95. The van der Waals surface area contributed by atoms with Crippen LogP contribution in [0.4, 0.5) is 0 Å². The second-order valence-electron chi connectivity index (χ2n) is 5.77. The van der Waals surface area contributed by atoms with E-state index in [9.17, 15) is 9.59 Å². The summed E-state index contributed by atoms with van der Waals surface area (Å²) in [5.74, 6) is -0.939. The Hall–Kier alpha value is -3.19. The fourth-order valence-electron chi connectivity index (χ4n) is 2.36. The fraction of sp³-hybridized carbons (Fsp3) is 0.158. The topological polar surface area (TPSA) is 86.1 Å². The van der Waals surface area contributed by atoms with Crippen LogP contribution < -0.4 is 5.32 Å². The number of ether oxygens (including phenoxy) is 1. The highest BCUT2D eigenvalue weighted by Crippen LogP contribution is 2.10. The molecule has 0 bridgehead atoms. The number of hydrogen-bond donors (Lipinski definition) is 1. The van der Waals surface area contributed by atoms with Crippen molar-refractivity contribution in [1.82, 2.24) is 20.1 Å². The number of halogens is 1. The number of aromatic nitrogens is 3. The van der Waals surface area contributed by atoms with Gasteiger partial charge in [-0.1, -0.05) is 35.9 Å². The zero-order valence-electron chi connectivity index (χ0n) is 14.3. The largest absolute Gasteiger partial charge is 0.452 e. The van der Waals surface area contributed by atoms with Gasteiger partial charge in [-0.05, 0) is 35.4 Å². The molecule has 2 aromatic carbocycles. The van der Waals surface area contributed by atoms with Gasteiger partial charge in [0.15, 0.2) is 6.61 Å². The molecule has 0 aliphatic heterocycles. The Balaban J connectivity index is 1.45. The normalized spacial score (nSPS) is 10.4. The molecule has 8 heteroatoms. The standard InChI is InChI=1S/C19H17ClN4O3/c20-17-3-1-2-15(8-17)9-22-18(25)11-27-19(26)16-6-4-14(5-7-16)10-24-13-21-12-23-24/h1-8,12-13H,9-11H2,(H,22,25). The molecule has 0 atom stereocenters. The first-order valence-electron chi connectivity index (χ1n) is 8.20. The lowest BCUT2D eigenvalue weighted by Crippen LogP contribution is -2.28. The molecule has 1 N–H and O–H groups in total. The summed E-state index contributed by atoms with van der Waals surface area (Å²) in [5.41, 5.74) is 2.21. The van der Waals surface area contributed by atoms with Gasteiger partial charge in [0, 0.05) is 11.6 Å². The summed E-state index contributed by atoms with van der Waals surface area (Å²) in [7, 11) is 0. The van der Waals surface area contributed by atoms with Gasteiger partial charge in [0.1, 0.15) is 12.7 Å². The summed E-state index contributed by atoms with van der Waals surface area (Å²) < 4.78 is 6.72. The van der Waals surface area contributed by atoms with Gasteiger partial charge in [-0.15, -0.1) is 0 Å². The molecule has 0 saturated carbocycles. The summed E-state index contributed by atoms with van der Waals surface area (Å²) in [6.45, 7) is 0.523. The molecule has 7 nitrogen and oxygen atoms in total. The van der Waals surface area contributed by atoms with Gasteiger partial charge in [-0.3, -0.25) is 4.79 Å². The number of nitrogens with one attached hydrogen (secondary N) is 1. The monoisotopic (exact) mass is 384 g/mol. The third kappa shape index (κ3) is 5.65. The molecule has 0 saturated heterocycles. The minimum absolute atomic E-state index is 0.313. The minimum Gasteiger partial charge on any atom is -0.452 e. The Morgan fingerprint density at radius 3 is 2.63 bits per heavy atom. The number of amides is 1. The molecule has 3 aromatic rings. The minimum atomic E-state index is -0.555. The Labute approximate surface area is 160 Å². The van der Waals surface area contributed by atoms with Gasteiger partial charge in [0.2, 0.25) is 0 Å². The van der Waals surface area contributed by atoms with Gasteiger partial charge in [-0.2, -0.15) is 5.10 Å². The average Bonchev–Trinajstić information content (AvgIpc) is 3.18. The van der Waals surface area contributed by atoms with E-state index in [1.54, 1.807) is 53.5 Å². The van der Waals surface area contributed by atoms with Gasteiger partial charge < -0.3 is 10.1 Å². The van der Waals surface area contributed by atoms with E-state index in [2.05, 4.69) is 15.4 Å². The molecule has 1 aromatic heterocycles. The van der Waals surface area contributed by atoms with E-state index in [1.165, 1.54) is 6.33 Å². The van der Waals surface area contributed by atoms with Crippen molar-refractivity contribution in [2.75, 3.05) is 6.61 Å². The Morgan fingerprint density at radius 2 is 1.93 bits per heavy atom. The summed E-state index contributed by atoms with van der Waals surface area (Å²) in [4.78, 5) is 27.8. The highest BCUT2D eigenvalue weighted by atomic mass is 35.5. The van der Waals surface area contributed by atoms with E-state index in [0.29, 0.717) is 23.7 Å². The Morgan fingerprint density at radius 1 is 1.11 bits per heavy atom. The highest BCUT2D eigenvalue weighted by molar-refractivity contribution is 6.30. The van der Waals surface area contributed by atoms with E-state index in [0.717, 1.165) is 11.1 Å². The maximum Gasteiger partial charge on any atom is 0.338 e. The second-order valence-corrected chi connectivity index (χ2v) is 6.21.